The highest BCUT2D eigenvalue weighted by atomic mass is 32.2. The summed E-state index contributed by atoms with van der Waals surface area (Å²) < 4.78 is 27.6. The molecule has 0 radical (unpaired) electrons. The molecule has 4 N–H and O–H groups in total. The highest BCUT2D eigenvalue weighted by molar-refractivity contribution is 7.94. The molecule has 8 nitrogen and oxygen atoms in total. The summed E-state index contributed by atoms with van der Waals surface area (Å²) in [4.78, 5) is 28.3. The number of aromatic nitrogens is 1. The summed E-state index contributed by atoms with van der Waals surface area (Å²) in [5.74, 6) is -1.19. The molecule has 0 spiro atoms. The van der Waals surface area contributed by atoms with E-state index >= 15 is 0 Å². The van der Waals surface area contributed by atoms with E-state index in [4.69, 9.17) is 0 Å². The van der Waals surface area contributed by atoms with Crippen LogP contribution in [0.3, 0.4) is 0 Å². The Morgan fingerprint density at radius 3 is 2.44 bits per heavy atom. The summed E-state index contributed by atoms with van der Waals surface area (Å²) in [6.07, 6.45) is 0. The van der Waals surface area contributed by atoms with Gasteiger partial charge in [-0.2, -0.15) is 0 Å². The number of amides is 2. The molecule has 32 heavy (non-hydrogen) atoms. The maximum atomic E-state index is 12.7. The average molecular weight is 469 g/mol. The summed E-state index contributed by atoms with van der Waals surface area (Å²) in [5.41, 5.74) is 8.09. The van der Waals surface area contributed by atoms with E-state index in [1.165, 1.54) is 18.2 Å². The van der Waals surface area contributed by atoms with Crippen LogP contribution >= 0.6 is 11.3 Å². The standard InChI is InChI=1S/C22H20N4O4S2/c1-13-10-14(2)16-12-19(23-18(16)11-13)22(28)25-24-21(27)15-6-3-4-7-17(15)26-32(29,30)20-8-5-9-31-20/h3-12,23,26H,1-2H3,(H,24,27)(H,25,28). The van der Waals surface area contributed by atoms with E-state index in [0.717, 1.165) is 33.4 Å². The number of hydrazine groups is 1. The number of H-pyrrole nitrogens is 1. The second-order valence-electron chi connectivity index (χ2n) is 7.22. The van der Waals surface area contributed by atoms with Crippen LogP contribution in [0.25, 0.3) is 10.9 Å². The molecule has 0 fully saturated rings. The Bertz CT molecular complexity index is 1420. The van der Waals surface area contributed by atoms with E-state index in [2.05, 4.69) is 20.6 Å². The molecule has 2 heterocycles. The number of sulfonamides is 1. The summed E-state index contributed by atoms with van der Waals surface area (Å²) in [6.45, 7) is 3.93. The number of carbonyl (C=O) groups excluding carboxylic acids is 2. The third-order valence-corrected chi connectivity index (χ3v) is 7.56. The quantitative estimate of drug-likeness (QED) is 0.334. The van der Waals surface area contributed by atoms with E-state index in [1.54, 1.807) is 29.6 Å². The van der Waals surface area contributed by atoms with Crippen molar-refractivity contribution in [3.8, 4) is 0 Å². The molecule has 0 unspecified atom stereocenters. The molecule has 0 saturated carbocycles. The second kappa shape index (κ2) is 8.48. The van der Waals surface area contributed by atoms with Gasteiger partial charge in [0.1, 0.15) is 9.90 Å². The van der Waals surface area contributed by atoms with Crippen molar-refractivity contribution in [2.45, 2.75) is 18.1 Å². The molecule has 10 heteroatoms. The Labute approximate surface area is 188 Å². The van der Waals surface area contributed by atoms with Crippen molar-refractivity contribution in [2.75, 3.05) is 4.72 Å². The highest BCUT2D eigenvalue weighted by Gasteiger charge is 2.20. The van der Waals surface area contributed by atoms with Crippen LogP contribution in [0.1, 0.15) is 32.0 Å². The van der Waals surface area contributed by atoms with Gasteiger partial charge in [-0.25, -0.2) is 8.42 Å². The number of hydrogen-bond donors (Lipinski definition) is 4. The number of aryl methyl sites for hydroxylation is 2. The molecule has 2 aromatic carbocycles. The van der Waals surface area contributed by atoms with Crippen molar-refractivity contribution in [2.24, 2.45) is 0 Å². The lowest BCUT2D eigenvalue weighted by Gasteiger charge is -2.12. The van der Waals surface area contributed by atoms with Crippen LogP contribution < -0.4 is 15.6 Å². The van der Waals surface area contributed by atoms with Gasteiger partial charge in [-0.3, -0.25) is 25.2 Å². The van der Waals surface area contributed by atoms with Gasteiger partial charge in [-0.1, -0.05) is 24.3 Å². The predicted molar refractivity (Wildman–Crippen MR) is 124 cm³/mol. The van der Waals surface area contributed by atoms with Crippen LogP contribution in [0.15, 0.2) is 64.2 Å². The minimum absolute atomic E-state index is 0.0658. The molecule has 4 rings (SSSR count). The van der Waals surface area contributed by atoms with Crippen molar-refractivity contribution in [3.05, 3.63) is 82.4 Å². The molecule has 0 aliphatic heterocycles. The molecular formula is C22H20N4O4S2. The molecule has 0 bridgehead atoms. The Morgan fingerprint density at radius 1 is 0.938 bits per heavy atom. The smallest absolute Gasteiger partial charge is 0.286 e. The van der Waals surface area contributed by atoms with Crippen molar-refractivity contribution in [1.29, 1.82) is 0 Å². The third-order valence-electron chi connectivity index (χ3n) is 4.80. The number of thiophene rings is 1. The first kappa shape index (κ1) is 21.6. The molecule has 2 aromatic heterocycles. The van der Waals surface area contributed by atoms with Gasteiger partial charge in [0.25, 0.3) is 21.8 Å². The summed E-state index contributed by atoms with van der Waals surface area (Å²) in [5, 5.41) is 2.57. The first-order chi connectivity index (χ1) is 15.2. The monoisotopic (exact) mass is 468 g/mol. The Morgan fingerprint density at radius 2 is 1.69 bits per heavy atom. The molecule has 0 aliphatic carbocycles. The number of para-hydroxylation sites is 1. The van der Waals surface area contributed by atoms with Gasteiger partial charge < -0.3 is 4.98 Å². The van der Waals surface area contributed by atoms with Crippen molar-refractivity contribution in [1.82, 2.24) is 15.8 Å². The van der Waals surface area contributed by atoms with E-state index in [-0.39, 0.29) is 15.5 Å². The third kappa shape index (κ3) is 4.36. The van der Waals surface area contributed by atoms with Gasteiger partial charge >= 0.3 is 0 Å². The fraction of sp³-hybridized carbons (Fsp3) is 0.0909. The zero-order chi connectivity index (χ0) is 22.9. The van der Waals surface area contributed by atoms with Gasteiger partial charge in [-0.05, 0) is 60.7 Å². The maximum absolute atomic E-state index is 12.7. The lowest BCUT2D eigenvalue weighted by Crippen LogP contribution is -2.42. The molecule has 4 aromatic rings. The van der Waals surface area contributed by atoms with Gasteiger partial charge in [0.15, 0.2) is 0 Å². The van der Waals surface area contributed by atoms with Gasteiger partial charge in [0.2, 0.25) is 0 Å². The summed E-state index contributed by atoms with van der Waals surface area (Å²) in [6, 6.07) is 14.9. The number of hydrogen-bond acceptors (Lipinski definition) is 5. The van der Waals surface area contributed by atoms with Crippen LogP contribution in [-0.4, -0.2) is 25.2 Å². The van der Waals surface area contributed by atoms with Crippen LogP contribution in [0.5, 0.6) is 0 Å². The molecule has 0 aliphatic rings. The van der Waals surface area contributed by atoms with E-state index in [9.17, 15) is 18.0 Å². The second-order valence-corrected chi connectivity index (χ2v) is 10.1. The lowest BCUT2D eigenvalue weighted by atomic mass is 10.1. The highest BCUT2D eigenvalue weighted by Crippen LogP contribution is 2.23. The fourth-order valence-corrected chi connectivity index (χ4v) is 5.42. The molecule has 0 saturated heterocycles. The van der Waals surface area contributed by atoms with Gasteiger partial charge in [-0.15, -0.1) is 11.3 Å². The molecular weight excluding hydrogens is 448 g/mol. The predicted octanol–water partition coefficient (Wildman–Crippen LogP) is 3.72. The Balaban J connectivity index is 1.49. The topological polar surface area (TPSA) is 120 Å². The number of rotatable bonds is 5. The molecule has 0 atom stereocenters. The first-order valence-corrected chi connectivity index (χ1v) is 12.0. The SMILES string of the molecule is Cc1cc(C)c2cc(C(=O)NNC(=O)c3ccccc3NS(=O)(=O)c3cccs3)[nH]c2c1. The van der Waals surface area contributed by atoms with Crippen LogP contribution in [0, 0.1) is 13.8 Å². The molecule has 2 amide bonds. The number of nitrogens with one attached hydrogen (secondary N) is 4. The zero-order valence-corrected chi connectivity index (χ0v) is 18.9. The van der Waals surface area contributed by atoms with Crippen LogP contribution in [-0.2, 0) is 10.0 Å². The van der Waals surface area contributed by atoms with Gasteiger partial charge in [0, 0.05) is 10.9 Å². The van der Waals surface area contributed by atoms with Gasteiger partial charge in [0.05, 0.1) is 11.3 Å². The minimum atomic E-state index is -3.83. The van der Waals surface area contributed by atoms with Crippen molar-refractivity contribution in [3.63, 3.8) is 0 Å². The van der Waals surface area contributed by atoms with E-state index < -0.39 is 21.8 Å². The zero-order valence-electron chi connectivity index (χ0n) is 17.2. The number of carbonyl (C=O) groups is 2. The Hall–Kier alpha value is -3.63. The van der Waals surface area contributed by atoms with E-state index in [0.29, 0.717) is 5.69 Å². The largest absolute Gasteiger partial charge is 0.350 e. The van der Waals surface area contributed by atoms with Crippen LogP contribution in [0.4, 0.5) is 5.69 Å². The Kier molecular flexibility index (Phi) is 5.72. The van der Waals surface area contributed by atoms with Crippen molar-refractivity contribution < 1.29 is 18.0 Å². The first-order valence-electron chi connectivity index (χ1n) is 9.60. The molecule has 164 valence electrons. The summed E-state index contributed by atoms with van der Waals surface area (Å²) >= 11 is 1.07. The fourth-order valence-electron chi connectivity index (χ4n) is 3.35. The maximum Gasteiger partial charge on any atom is 0.286 e. The average Bonchev–Trinajstić information content (AvgIpc) is 3.42. The number of anilines is 1. The van der Waals surface area contributed by atoms with Crippen molar-refractivity contribution >= 4 is 49.8 Å². The lowest BCUT2D eigenvalue weighted by molar-refractivity contribution is 0.0845. The number of aromatic amines is 1. The minimum Gasteiger partial charge on any atom is -0.350 e. The van der Waals surface area contributed by atoms with Crippen LogP contribution in [0.2, 0.25) is 0 Å². The normalized spacial score (nSPS) is 11.3. The number of fused-ring (bicyclic) bond motifs is 1. The number of benzene rings is 2. The summed E-state index contributed by atoms with van der Waals surface area (Å²) in [7, 11) is -3.83. The van der Waals surface area contributed by atoms with E-state index in [1.807, 2.05) is 26.0 Å².